The predicted molar refractivity (Wildman–Crippen MR) is 117 cm³/mol. The number of aliphatic carboxylic acids is 1. The van der Waals surface area contributed by atoms with Crippen LogP contribution in [0, 0.1) is 0 Å². The van der Waals surface area contributed by atoms with Crippen molar-refractivity contribution >= 4 is 17.6 Å². The predicted octanol–water partition coefficient (Wildman–Crippen LogP) is 5.03. The van der Waals surface area contributed by atoms with Crippen molar-refractivity contribution in [3.05, 3.63) is 95.6 Å². The van der Waals surface area contributed by atoms with Gasteiger partial charge in [0, 0.05) is 12.1 Å². The van der Waals surface area contributed by atoms with Gasteiger partial charge in [0.25, 0.3) is 0 Å². The van der Waals surface area contributed by atoms with E-state index in [9.17, 15) is 9.59 Å². The van der Waals surface area contributed by atoms with Gasteiger partial charge in [0.1, 0.15) is 12.4 Å². The first-order chi connectivity index (χ1) is 14.5. The van der Waals surface area contributed by atoms with Crippen molar-refractivity contribution in [2.75, 3.05) is 5.32 Å². The Balaban J connectivity index is 1.77. The average Bonchev–Trinajstić information content (AvgIpc) is 2.77. The van der Waals surface area contributed by atoms with E-state index in [1.807, 2.05) is 85.8 Å². The molecule has 2 N–H and O–H groups in total. The number of nitrogens with one attached hydrogen (secondary N) is 1. The van der Waals surface area contributed by atoms with Gasteiger partial charge in [-0.25, -0.2) is 0 Å². The van der Waals surface area contributed by atoms with Crippen molar-refractivity contribution in [1.29, 1.82) is 0 Å². The molecule has 0 heterocycles. The molecule has 1 unspecified atom stereocenters. The first kappa shape index (κ1) is 21.1. The summed E-state index contributed by atoms with van der Waals surface area (Å²) in [5.74, 6) is -0.584. The number of carboxylic acid groups (broad SMARTS) is 1. The molecule has 5 heteroatoms. The maximum absolute atomic E-state index is 12.8. The third kappa shape index (κ3) is 5.95. The highest BCUT2D eigenvalue weighted by Crippen LogP contribution is 2.24. The third-order valence-corrected chi connectivity index (χ3v) is 4.88. The van der Waals surface area contributed by atoms with Crippen LogP contribution in [0.5, 0.6) is 5.75 Å². The van der Waals surface area contributed by atoms with E-state index >= 15 is 0 Å². The molecule has 3 aromatic rings. The summed E-state index contributed by atoms with van der Waals surface area (Å²) in [5.41, 5.74) is 3.22. The second-order valence-corrected chi connectivity index (χ2v) is 7.11. The molecule has 154 valence electrons. The highest BCUT2D eigenvalue weighted by molar-refractivity contribution is 5.96. The molecule has 0 spiro atoms. The van der Waals surface area contributed by atoms with Crippen LogP contribution >= 0.6 is 0 Å². The van der Waals surface area contributed by atoms with Crippen molar-refractivity contribution in [3.8, 4) is 5.75 Å². The summed E-state index contributed by atoms with van der Waals surface area (Å²) < 4.78 is 5.80. The normalized spacial score (nSPS) is 11.5. The molecule has 0 saturated heterocycles. The quantitative estimate of drug-likeness (QED) is 0.526. The molecule has 3 rings (SSSR count). The van der Waals surface area contributed by atoms with Crippen LogP contribution in [0.25, 0.3) is 0 Å². The fourth-order valence-electron chi connectivity index (χ4n) is 3.11. The Morgan fingerprint density at radius 3 is 2.30 bits per heavy atom. The topological polar surface area (TPSA) is 75.6 Å². The number of carbonyl (C=O) groups is 2. The van der Waals surface area contributed by atoms with Gasteiger partial charge in [-0.05, 0) is 48.2 Å². The second kappa shape index (κ2) is 10.3. The van der Waals surface area contributed by atoms with Crippen molar-refractivity contribution in [2.24, 2.45) is 0 Å². The Bertz CT molecular complexity index is 987. The minimum atomic E-state index is -0.874. The molecule has 1 atom stereocenters. The van der Waals surface area contributed by atoms with E-state index in [1.165, 1.54) is 0 Å². The summed E-state index contributed by atoms with van der Waals surface area (Å²) in [6, 6.07) is 24.7. The van der Waals surface area contributed by atoms with Crippen molar-refractivity contribution in [3.63, 3.8) is 0 Å². The molecule has 0 radical (unpaired) electrons. The van der Waals surface area contributed by atoms with E-state index < -0.39 is 5.97 Å². The van der Waals surface area contributed by atoms with E-state index in [4.69, 9.17) is 9.84 Å². The smallest absolute Gasteiger partial charge is 0.303 e. The van der Waals surface area contributed by atoms with Gasteiger partial charge in [-0.1, -0.05) is 60.7 Å². The summed E-state index contributed by atoms with van der Waals surface area (Å²) in [6.07, 6.45) is 0.335. The Morgan fingerprint density at radius 2 is 1.63 bits per heavy atom. The zero-order valence-corrected chi connectivity index (χ0v) is 16.9. The largest absolute Gasteiger partial charge is 0.489 e. The second-order valence-electron chi connectivity index (χ2n) is 7.11. The van der Waals surface area contributed by atoms with Crippen LogP contribution in [-0.2, 0) is 22.6 Å². The van der Waals surface area contributed by atoms with Crippen LogP contribution in [0.2, 0.25) is 0 Å². The molecular weight excluding hydrogens is 378 g/mol. The molecule has 3 aromatic carbocycles. The SMILES string of the molecule is CC(C(=O)Nc1cc(COc2ccccc2)ccc1CCC(=O)O)c1ccccc1. The molecule has 0 saturated carbocycles. The van der Waals surface area contributed by atoms with Crippen molar-refractivity contribution in [1.82, 2.24) is 0 Å². The van der Waals surface area contributed by atoms with Gasteiger partial charge in [-0.15, -0.1) is 0 Å². The summed E-state index contributed by atoms with van der Waals surface area (Å²) in [5, 5.41) is 12.0. The molecule has 1 amide bonds. The van der Waals surface area contributed by atoms with E-state index in [2.05, 4.69) is 5.32 Å². The lowest BCUT2D eigenvalue weighted by Crippen LogP contribution is -2.20. The maximum Gasteiger partial charge on any atom is 0.303 e. The molecular formula is C25H25NO4. The fraction of sp³-hybridized carbons (Fsp3) is 0.200. The van der Waals surface area contributed by atoms with Crippen molar-refractivity contribution < 1.29 is 19.4 Å². The highest BCUT2D eigenvalue weighted by atomic mass is 16.5. The summed E-state index contributed by atoms with van der Waals surface area (Å²) in [4.78, 5) is 23.9. The number of carbonyl (C=O) groups excluding carboxylic acids is 1. The number of amides is 1. The van der Waals surface area contributed by atoms with Crippen LogP contribution in [0.15, 0.2) is 78.9 Å². The van der Waals surface area contributed by atoms with Gasteiger partial charge in [0.15, 0.2) is 0 Å². The van der Waals surface area contributed by atoms with Gasteiger partial charge in [0.2, 0.25) is 5.91 Å². The number of para-hydroxylation sites is 1. The first-order valence-electron chi connectivity index (χ1n) is 9.90. The van der Waals surface area contributed by atoms with Crippen LogP contribution < -0.4 is 10.1 Å². The Labute approximate surface area is 176 Å². The Kier molecular flexibility index (Phi) is 7.22. The first-order valence-corrected chi connectivity index (χ1v) is 9.90. The summed E-state index contributed by atoms with van der Waals surface area (Å²) >= 11 is 0. The lowest BCUT2D eigenvalue weighted by atomic mass is 9.99. The number of hydrogen-bond donors (Lipinski definition) is 2. The Hall–Kier alpha value is -3.60. The summed E-state index contributed by atoms with van der Waals surface area (Å²) in [6.45, 7) is 2.20. The summed E-state index contributed by atoms with van der Waals surface area (Å²) in [7, 11) is 0. The molecule has 0 fully saturated rings. The van der Waals surface area contributed by atoms with Gasteiger partial charge in [-0.3, -0.25) is 9.59 Å². The minimum absolute atomic E-state index is 0.00300. The lowest BCUT2D eigenvalue weighted by Gasteiger charge is -2.16. The standard InChI is InChI=1S/C25H25NO4/c1-18(20-8-4-2-5-9-20)25(29)26-23-16-19(12-13-21(23)14-15-24(27)28)17-30-22-10-6-3-7-11-22/h2-13,16,18H,14-15,17H2,1H3,(H,26,29)(H,27,28). The monoisotopic (exact) mass is 403 g/mol. The zero-order chi connectivity index (χ0) is 21.3. The van der Waals surface area contributed by atoms with Gasteiger partial charge in [0.05, 0.1) is 5.92 Å². The Morgan fingerprint density at radius 1 is 0.967 bits per heavy atom. The minimum Gasteiger partial charge on any atom is -0.489 e. The average molecular weight is 403 g/mol. The molecule has 0 bridgehead atoms. The molecule has 0 aliphatic heterocycles. The third-order valence-electron chi connectivity index (χ3n) is 4.88. The molecule has 0 aliphatic rings. The van der Waals surface area contributed by atoms with Crippen LogP contribution in [0.3, 0.4) is 0 Å². The van der Waals surface area contributed by atoms with Gasteiger partial charge in [-0.2, -0.15) is 0 Å². The lowest BCUT2D eigenvalue weighted by molar-refractivity contribution is -0.137. The van der Waals surface area contributed by atoms with Crippen LogP contribution in [0.4, 0.5) is 5.69 Å². The molecule has 0 aromatic heterocycles. The number of anilines is 1. The maximum atomic E-state index is 12.8. The molecule has 5 nitrogen and oxygen atoms in total. The van der Waals surface area contributed by atoms with E-state index in [0.29, 0.717) is 18.7 Å². The van der Waals surface area contributed by atoms with Crippen LogP contribution in [-0.4, -0.2) is 17.0 Å². The number of rotatable bonds is 9. The highest BCUT2D eigenvalue weighted by Gasteiger charge is 2.17. The zero-order valence-electron chi connectivity index (χ0n) is 16.9. The van der Waals surface area contributed by atoms with Gasteiger partial charge >= 0.3 is 5.97 Å². The molecule has 30 heavy (non-hydrogen) atoms. The number of ether oxygens (including phenoxy) is 1. The van der Waals surface area contributed by atoms with E-state index in [1.54, 1.807) is 0 Å². The number of benzene rings is 3. The van der Waals surface area contributed by atoms with Gasteiger partial charge < -0.3 is 15.2 Å². The number of aryl methyl sites for hydroxylation is 1. The van der Waals surface area contributed by atoms with E-state index in [-0.39, 0.29) is 18.2 Å². The van der Waals surface area contributed by atoms with Crippen molar-refractivity contribution in [2.45, 2.75) is 32.3 Å². The number of carboxylic acids is 1. The van der Waals surface area contributed by atoms with Crippen LogP contribution in [0.1, 0.15) is 36.0 Å². The number of hydrogen-bond acceptors (Lipinski definition) is 3. The molecule has 0 aliphatic carbocycles. The fourth-order valence-corrected chi connectivity index (χ4v) is 3.11. The van der Waals surface area contributed by atoms with E-state index in [0.717, 1.165) is 22.4 Å².